The van der Waals surface area contributed by atoms with E-state index in [0.29, 0.717) is 6.42 Å². The first-order chi connectivity index (χ1) is 8.65. The molecule has 0 aliphatic rings. The van der Waals surface area contributed by atoms with Crippen LogP contribution >= 0.6 is 0 Å². The molecule has 0 spiro atoms. The fourth-order valence-corrected chi connectivity index (χ4v) is 1.54. The summed E-state index contributed by atoms with van der Waals surface area (Å²) in [6.07, 6.45) is 2.23. The molecule has 0 aliphatic carbocycles. The van der Waals surface area contributed by atoms with Crippen LogP contribution in [0.4, 0.5) is 5.82 Å². The van der Waals surface area contributed by atoms with Crippen molar-refractivity contribution in [3.8, 4) is 0 Å². The van der Waals surface area contributed by atoms with Gasteiger partial charge in [-0.25, -0.2) is 0 Å². The van der Waals surface area contributed by atoms with Crippen LogP contribution in [0.25, 0.3) is 0 Å². The Morgan fingerprint density at radius 2 is 2.28 bits per heavy atom. The van der Waals surface area contributed by atoms with Crippen LogP contribution in [0.1, 0.15) is 23.2 Å². The zero-order chi connectivity index (χ0) is 13.0. The lowest BCUT2D eigenvalue weighted by molar-refractivity contribution is 0.0933. The first kappa shape index (κ1) is 12.1. The maximum atomic E-state index is 11.8. The summed E-state index contributed by atoms with van der Waals surface area (Å²) in [6.45, 7) is 1.89. The van der Waals surface area contributed by atoms with E-state index in [1.807, 2.05) is 19.1 Å². The second-order valence-electron chi connectivity index (χ2n) is 4.00. The Morgan fingerprint density at radius 3 is 2.89 bits per heavy atom. The molecule has 0 radical (unpaired) electrons. The molecule has 2 heterocycles. The van der Waals surface area contributed by atoms with E-state index in [-0.39, 0.29) is 23.5 Å². The molecule has 0 aliphatic heterocycles. The minimum absolute atomic E-state index is 0.0528. The molecule has 1 amide bonds. The van der Waals surface area contributed by atoms with E-state index in [2.05, 4.69) is 15.5 Å². The number of anilines is 1. The van der Waals surface area contributed by atoms with Gasteiger partial charge in [0, 0.05) is 12.5 Å². The summed E-state index contributed by atoms with van der Waals surface area (Å²) in [6, 6.07) is 6.71. The van der Waals surface area contributed by atoms with Gasteiger partial charge in [-0.3, -0.25) is 4.79 Å². The van der Waals surface area contributed by atoms with Crippen LogP contribution in [0.5, 0.6) is 0 Å². The molecule has 94 valence electrons. The summed E-state index contributed by atoms with van der Waals surface area (Å²) in [4.78, 5) is 11.8. The van der Waals surface area contributed by atoms with Gasteiger partial charge in [-0.05, 0) is 31.2 Å². The number of aromatic nitrogens is 2. The van der Waals surface area contributed by atoms with E-state index >= 15 is 0 Å². The summed E-state index contributed by atoms with van der Waals surface area (Å²) >= 11 is 0. The van der Waals surface area contributed by atoms with Gasteiger partial charge in [0.25, 0.3) is 5.91 Å². The molecule has 2 aromatic rings. The summed E-state index contributed by atoms with van der Waals surface area (Å²) in [5, 5.41) is 10.2. The zero-order valence-corrected chi connectivity index (χ0v) is 9.96. The topological polar surface area (TPSA) is 94.0 Å². The first-order valence-corrected chi connectivity index (χ1v) is 5.57. The minimum Gasteiger partial charge on any atom is -0.469 e. The van der Waals surface area contributed by atoms with Gasteiger partial charge in [0.15, 0.2) is 5.69 Å². The summed E-state index contributed by atoms with van der Waals surface area (Å²) in [5.41, 5.74) is 5.65. The van der Waals surface area contributed by atoms with Crippen LogP contribution in [0.15, 0.2) is 34.9 Å². The summed E-state index contributed by atoms with van der Waals surface area (Å²) < 4.78 is 5.21. The quantitative estimate of drug-likeness (QED) is 0.839. The SMILES string of the molecule is CC(Cc1ccco1)NC(=O)c1ccc(N)nn1. The van der Waals surface area contributed by atoms with E-state index in [0.717, 1.165) is 5.76 Å². The lowest BCUT2D eigenvalue weighted by Crippen LogP contribution is -2.34. The van der Waals surface area contributed by atoms with Crippen LogP contribution in [0.3, 0.4) is 0 Å². The monoisotopic (exact) mass is 246 g/mol. The van der Waals surface area contributed by atoms with Crippen molar-refractivity contribution in [2.24, 2.45) is 0 Å². The highest BCUT2D eigenvalue weighted by Gasteiger charge is 2.12. The Bertz CT molecular complexity index is 507. The highest BCUT2D eigenvalue weighted by molar-refractivity contribution is 5.92. The van der Waals surface area contributed by atoms with Crippen molar-refractivity contribution in [2.75, 3.05) is 5.73 Å². The molecule has 0 saturated carbocycles. The summed E-state index contributed by atoms with van der Waals surface area (Å²) in [5.74, 6) is 0.836. The summed E-state index contributed by atoms with van der Waals surface area (Å²) in [7, 11) is 0. The van der Waals surface area contributed by atoms with E-state index < -0.39 is 0 Å². The molecule has 6 nitrogen and oxygen atoms in total. The minimum atomic E-state index is -0.276. The fourth-order valence-electron chi connectivity index (χ4n) is 1.54. The van der Waals surface area contributed by atoms with Gasteiger partial charge in [0.1, 0.15) is 11.6 Å². The number of nitrogens with two attached hydrogens (primary N) is 1. The number of furan rings is 1. The highest BCUT2D eigenvalue weighted by atomic mass is 16.3. The van der Waals surface area contributed by atoms with Crippen molar-refractivity contribution in [1.82, 2.24) is 15.5 Å². The smallest absolute Gasteiger partial charge is 0.272 e. The molecule has 18 heavy (non-hydrogen) atoms. The number of nitrogens with zero attached hydrogens (tertiary/aromatic N) is 2. The maximum absolute atomic E-state index is 11.8. The Morgan fingerprint density at radius 1 is 1.44 bits per heavy atom. The lowest BCUT2D eigenvalue weighted by Gasteiger charge is -2.11. The van der Waals surface area contributed by atoms with Gasteiger partial charge >= 0.3 is 0 Å². The van der Waals surface area contributed by atoms with Crippen molar-refractivity contribution in [3.05, 3.63) is 42.0 Å². The van der Waals surface area contributed by atoms with E-state index in [4.69, 9.17) is 10.2 Å². The molecule has 6 heteroatoms. The second kappa shape index (κ2) is 5.31. The Balaban J connectivity index is 1.92. The molecule has 0 aromatic carbocycles. The number of hydrogen-bond donors (Lipinski definition) is 2. The molecule has 3 N–H and O–H groups in total. The third-order valence-electron chi connectivity index (χ3n) is 2.38. The lowest BCUT2D eigenvalue weighted by atomic mass is 10.2. The Labute approximate surface area is 104 Å². The van der Waals surface area contributed by atoms with Crippen LogP contribution in [-0.2, 0) is 6.42 Å². The van der Waals surface area contributed by atoms with Gasteiger partial charge in [0.2, 0.25) is 0 Å². The van der Waals surface area contributed by atoms with Crippen molar-refractivity contribution in [3.63, 3.8) is 0 Å². The highest BCUT2D eigenvalue weighted by Crippen LogP contribution is 2.04. The number of amides is 1. The van der Waals surface area contributed by atoms with Gasteiger partial charge < -0.3 is 15.5 Å². The van der Waals surface area contributed by atoms with Crippen LogP contribution in [-0.4, -0.2) is 22.1 Å². The predicted molar refractivity (Wildman–Crippen MR) is 65.8 cm³/mol. The van der Waals surface area contributed by atoms with Gasteiger partial charge in [-0.2, -0.15) is 0 Å². The van der Waals surface area contributed by atoms with Gasteiger partial charge in [-0.15, -0.1) is 10.2 Å². The molecular formula is C12H14N4O2. The van der Waals surface area contributed by atoms with Crippen molar-refractivity contribution in [2.45, 2.75) is 19.4 Å². The average Bonchev–Trinajstić information content (AvgIpc) is 2.82. The van der Waals surface area contributed by atoms with Crippen LogP contribution in [0, 0.1) is 0 Å². The number of nitrogens with one attached hydrogen (secondary N) is 1. The Kier molecular flexibility index (Phi) is 3.57. The van der Waals surface area contributed by atoms with Gasteiger partial charge in [0.05, 0.1) is 6.26 Å². The molecule has 2 rings (SSSR count). The molecule has 0 bridgehead atoms. The normalized spacial score (nSPS) is 12.1. The molecule has 1 atom stereocenters. The third kappa shape index (κ3) is 3.07. The zero-order valence-electron chi connectivity index (χ0n) is 9.96. The molecule has 2 aromatic heterocycles. The van der Waals surface area contributed by atoms with E-state index in [1.165, 1.54) is 6.07 Å². The molecular weight excluding hydrogens is 232 g/mol. The first-order valence-electron chi connectivity index (χ1n) is 5.57. The van der Waals surface area contributed by atoms with Gasteiger partial charge in [-0.1, -0.05) is 0 Å². The van der Waals surface area contributed by atoms with E-state index in [1.54, 1.807) is 12.3 Å². The Hall–Kier alpha value is -2.37. The largest absolute Gasteiger partial charge is 0.469 e. The fraction of sp³-hybridized carbons (Fsp3) is 0.250. The van der Waals surface area contributed by atoms with Crippen LogP contribution < -0.4 is 11.1 Å². The predicted octanol–water partition coefficient (Wildman–Crippen LogP) is 1.01. The van der Waals surface area contributed by atoms with E-state index in [9.17, 15) is 4.79 Å². The molecule has 1 unspecified atom stereocenters. The number of hydrogen-bond acceptors (Lipinski definition) is 5. The van der Waals surface area contributed by atoms with Crippen molar-refractivity contribution in [1.29, 1.82) is 0 Å². The second-order valence-corrected chi connectivity index (χ2v) is 4.00. The molecule has 0 fully saturated rings. The van der Waals surface area contributed by atoms with Crippen molar-refractivity contribution < 1.29 is 9.21 Å². The number of rotatable bonds is 4. The molecule has 0 saturated heterocycles. The average molecular weight is 246 g/mol. The standard InChI is InChI=1S/C12H14N4O2/c1-8(7-9-3-2-6-18-9)14-12(17)10-4-5-11(13)16-15-10/h2-6,8H,7H2,1H3,(H2,13,16)(H,14,17). The third-order valence-corrected chi connectivity index (χ3v) is 2.38. The number of carbonyl (C=O) groups excluding carboxylic acids is 1. The van der Waals surface area contributed by atoms with Crippen molar-refractivity contribution >= 4 is 11.7 Å². The number of carbonyl (C=O) groups is 1. The maximum Gasteiger partial charge on any atom is 0.272 e. The van der Waals surface area contributed by atoms with Crippen LogP contribution in [0.2, 0.25) is 0 Å². The number of nitrogen functional groups attached to an aromatic ring is 1.